The number of carbonyl (C=O) groups is 1. The molecule has 0 unspecified atom stereocenters. The first-order valence-corrected chi connectivity index (χ1v) is 13.3. The monoisotopic (exact) mass is 490 g/mol. The van der Waals surface area contributed by atoms with Gasteiger partial charge in [-0.2, -0.15) is 5.10 Å². The molecule has 1 heterocycles. The highest BCUT2D eigenvalue weighted by atomic mass is 32.2. The zero-order valence-electron chi connectivity index (χ0n) is 21.3. The minimum atomic E-state index is -3.92. The number of aromatic nitrogens is 2. The topological polar surface area (TPSA) is 102 Å². The van der Waals surface area contributed by atoms with Crippen molar-refractivity contribution in [3.8, 4) is 0 Å². The van der Waals surface area contributed by atoms with Crippen LogP contribution in [0.1, 0.15) is 81.0 Å². The first-order chi connectivity index (χ1) is 15.8. The highest BCUT2D eigenvalue weighted by molar-refractivity contribution is 7.92. The lowest BCUT2D eigenvalue weighted by molar-refractivity contribution is 0.0571. The van der Waals surface area contributed by atoms with Gasteiger partial charge in [-0.1, -0.05) is 38.5 Å². The molecule has 2 N–H and O–H groups in total. The number of ether oxygens (including phenoxy) is 1. The third-order valence-corrected chi connectivity index (χ3v) is 8.20. The Labute approximate surface area is 203 Å². The lowest BCUT2D eigenvalue weighted by atomic mass is 9.88. The summed E-state index contributed by atoms with van der Waals surface area (Å²) in [6, 6.07) is 6.49. The minimum absolute atomic E-state index is 0.0255. The van der Waals surface area contributed by atoms with Gasteiger partial charge in [-0.05, 0) is 64.0 Å². The van der Waals surface area contributed by atoms with E-state index in [9.17, 15) is 13.2 Å². The molecule has 34 heavy (non-hydrogen) atoms. The predicted octanol–water partition coefficient (Wildman–Crippen LogP) is 4.60. The maximum atomic E-state index is 13.4. The van der Waals surface area contributed by atoms with E-state index in [1.807, 2.05) is 34.6 Å². The summed E-state index contributed by atoms with van der Waals surface area (Å²) in [4.78, 5) is 13.5. The molecule has 1 aromatic heterocycles. The molecule has 9 heteroatoms. The number of carbonyl (C=O) groups excluding carboxylic acids is 1. The molecule has 188 valence electrons. The molecule has 0 saturated heterocycles. The summed E-state index contributed by atoms with van der Waals surface area (Å²) in [5.74, 6) is -0.115. The highest BCUT2D eigenvalue weighted by Crippen LogP contribution is 2.35. The Bertz CT molecular complexity index is 1110. The summed E-state index contributed by atoms with van der Waals surface area (Å²) >= 11 is 0. The number of hydrogen-bond acceptors (Lipinski definition) is 5. The van der Waals surface area contributed by atoms with E-state index < -0.39 is 10.0 Å². The number of rotatable bonds is 7. The summed E-state index contributed by atoms with van der Waals surface area (Å²) in [6.07, 6.45) is 3.48. The third-order valence-electron chi connectivity index (χ3n) is 6.84. The average Bonchev–Trinajstić information content (AvgIpc) is 3.08. The molecule has 0 bridgehead atoms. The number of aryl methyl sites for hydroxylation is 2. The van der Waals surface area contributed by atoms with Crippen molar-refractivity contribution in [3.63, 3.8) is 0 Å². The number of hydrogen-bond donors (Lipinski definition) is 2. The van der Waals surface area contributed by atoms with Gasteiger partial charge >= 0.3 is 0 Å². The first-order valence-electron chi connectivity index (χ1n) is 11.9. The van der Waals surface area contributed by atoms with Gasteiger partial charge in [0.15, 0.2) is 5.82 Å². The van der Waals surface area contributed by atoms with Crippen LogP contribution in [0.25, 0.3) is 0 Å². The molecule has 0 radical (unpaired) electrons. The Hall–Kier alpha value is -2.39. The van der Waals surface area contributed by atoms with Crippen molar-refractivity contribution in [2.24, 2.45) is 5.41 Å². The number of sulfonamides is 1. The number of anilines is 1. The molecular weight excluding hydrogens is 452 g/mol. The fraction of sp³-hybridized carbons (Fsp3) is 0.600. The Kier molecular flexibility index (Phi) is 7.77. The molecule has 1 aliphatic rings. The van der Waals surface area contributed by atoms with Crippen LogP contribution in [-0.4, -0.2) is 43.4 Å². The van der Waals surface area contributed by atoms with Gasteiger partial charge in [-0.25, -0.2) is 13.1 Å². The van der Waals surface area contributed by atoms with Crippen LogP contribution in [0.3, 0.4) is 0 Å². The van der Waals surface area contributed by atoms with Crippen LogP contribution >= 0.6 is 0 Å². The molecule has 1 atom stereocenters. The van der Waals surface area contributed by atoms with E-state index in [-0.39, 0.29) is 45.8 Å². The molecule has 1 saturated carbocycles. The Balaban J connectivity index is 2.02. The quantitative estimate of drug-likeness (QED) is 0.591. The Morgan fingerprint density at radius 3 is 2.24 bits per heavy atom. The van der Waals surface area contributed by atoms with Crippen LogP contribution in [0.4, 0.5) is 5.82 Å². The maximum Gasteiger partial charge on any atom is 0.263 e. The van der Waals surface area contributed by atoms with E-state index in [1.165, 1.54) is 0 Å². The van der Waals surface area contributed by atoms with E-state index >= 15 is 0 Å². The van der Waals surface area contributed by atoms with Crippen LogP contribution < -0.4 is 10.0 Å². The van der Waals surface area contributed by atoms with Crippen molar-refractivity contribution in [2.45, 2.75) is 90.3 Å². The van der Waals surface area contributed by atoms with Crippen LogP contribution in [0.5, 0.6) is 0 Å². The van der Waals surface area contributed by atoms with Gasteiger partial charge in [0, 0.05) is 13.2 Å². The van der Waals surface area contributed by atoms with Crippen molar-refractivity contribution < 1.29 is 17.9 Å². The van der Waals surface area contributed by atoms with Crippen molar-refractivity contribution in [3.05, 3.63) is 41.1 Å². The van der Waals surface area contributed by atoms with Gasteiger partial charge in [-0.15, -0.1) is 0 Å². The number of amides is 1. The van der Waals surface area contributed by atoms with Crippen LogP contribution in [0.15, 0.2) is 29.2 Å². The van der Waals surface area contributed by atoms with E-state index in [1.54, 1.807) is 43.0 Å². The smallest absolute Gasteiger partial charge is 0.263 e. The molecule has 1 fully saturated rings. The second kappa shape index (κ2) is 10.1. The number of methoxy groups -OCH3 is 1. The van der Waals surface area contributed by atoms with Crippen molar-refractivity contribution in [1.29, 1.82) is 0 Å². The zero-order valence-corrected chi connectivity index (χ0v) is 22.1. The van der Waals surface area contributed by atoms with Crippen LogP contribution in [0.2, 0.25) is 0 Å². The molecule has 1 aromatic carbocycles. The molecular formula is C25H38N4O4S. The average molecular weight is 491 g/mol. The largest absolute Gasteiger partial charge is 0.381 e. The van der Waals surface area contributed by atoms with E-state index in [0.717, 1.165) is 31.2 Å². The second-order valence-corrected chi connectivity index (χ2v) is 12.1. The van der Waals surface area contributed by atoms with Gasteiger partial charge in [0.2, 0.25) is 0 Å². The zero-order chi connectivity index (χ0) is 25.3. The minimum Gasteiger partial charge on any atom is -0.381 e. The fourth-order valence-electron chi connectivity index (χ4n) is 4.10. The third kappa shape index (κ3) is 5.81. The van der Waals surface area contributed by atoms with Crippen LogP contribution in [-0.2, 0) is 14.8 Å². The number of nitrogens with one attached hydrogen (secondary N) is 2. The molecule has 3 rings (SSSR count). The highest BCUT2D eigenvalue weighted by Gasteiger charge is 2.32. The summed E-state index contributed by atoms with van der Waals surface area (Å²) in [7, 11) is -2.21. The van der Waals surface area contributed by atoms with Gasteiger partial charge in [0.05, 0.1) is 22.7 Å². The summed E-state index contributed by atoms with van der Waals surface area (Å²) in [5.41, 5.74) is 1.57. The molecule has 8 nitrogen and oxygen atoms in total. The number of benzene rings is 1. The summed E-state index contributed by atoms with van der Waals surface area (Å²) in [6.45, 7) is 11.7. The predicted molar refractivity (Wildman–Crippen MR) is 134 cm³/mol. The molecule has 1 amide bonds. The standard InChI is InChI=1S/C25H38N4O4S/c1-16-8-14-21(15-9-16)34(31,32)28-23-22(24(30)26-18(3)25(4,5)6)17(2)27-29(23)19-10-12-20(33-7)13-11-19/h8-9,14-15,18-20,28H,10-13H2,1-7H3,(H,26,30)/t18-,19?,20?/m0/s1. The van der Waals surface area contributed by atoms with Gasteiger partial charge in [0.25, 0.3) is 15.9 Å². The Morgan fingerprint density at radius 1 is 1.12 bits per heavy atom. The van der Waals surface area contributed by atoms with Crippen LogP contribution in [0, 0.1) is 19.3 Å². The maximum absolute atomic E-state index is 13.4. The van der Waals surface area contributed by atoms with Gasteiger partial charge in [0.1, 0.15) is 5.56 Å². The van der Waals surface area contributed by atoms with Crippen molar-refractivity contribution in [2.75, 3.05) is 11.8 Å². The normalized spacial score (nSPS) is 20.1. The second-order valence-electron chi connectivity index (χ2n) is 10.4. The molecule has 1 aliphatic carbocycles. The SMILES string of the molecule is COC1CCC(n2nc(C)c(C(=O)N[C@@H](C)C(C)(C)C)c2NS(=O)(=O)c2ccc(C)cc2)CC1. The lowest BCUT2D eigenvalue weighted by Gasteiger charge is -2.29. The van der Waals surface area contributed by atoms with E-state index in [2.05, 4.69) is 15.1 Å². The summed E-state index contributed by atoms with van der Waals surface area (Å²) < 4.78 is 36.5. The van der Waals surface area contributed by atoms with Gasteiger partial charge in [-0.3, -0.25) is 9.52 Å². The first kappa shape index (κ1) is 26.2. The fourth-order valence-corrected chi connectivity index (χ4v) is 5.16. The number of nitrogens with zero attached hydrogens (tertiary/aromatic N) is 2. The van der Waals surface area contributed by atoms with Crippen molar-refractivity contribution >= 4 is 21.7 Å². The molecule has 0 spiro atoms. The lowest BCUT2D eigenvalue weighted by Crippen LogP contribution is -2.41. The molecule has 0 aliphatic heterocycles. The Morgan fingerprint density at radius 2 is 1.71 bits per heavy atom. The molecule has 2 aromatic rings. The van der Waals surface area contributed by atoms with Gasteiger partial charge < -0.3 is 10.1 Å². The van der Waals surface area contributed by atoms with E-state index in [4.69, 9.17) is 4.74 Å². The van der Waals surface area contributed by atoms with E-state index in [0.29, 0.717) is 5.69 Å². The summed E-state index contributed by atoms with van der Waals surface area (Å²) in [5, 5.41) is 7.69. The van der Waals surface area contributed by atoms with Crippen molar-refractivity contribution in [1.82, 2.24) is 15.1 Å².